The number of rotatable bonds is 0. The summed E-state index contributed by atoms with van der Waals surface area (Å²) in [5, 5.41) is 0. The second kappa shape index (κ2) is 1.79. The van der Waals surface area contributed by atoms with Gasteiger partial charge in [-0.1, -0.05) is 13.8 Å². The van der Waals surface area contributed by atoms with Crippen molar-refractivity contribution in [3.8, 4) is 0 Å². The highest BCUT2D eigenvalue weighted by Crippen LogP contribution is 2.62. The van der Waals surface area contributed by atoms with E-state index in [-0.39, 0.29) is 23.4 Å². The van der Waals surface area contributed by atoms with E-state index in [2.05, 4.69) is 13.8 Å². The highest BCUT2D eigenvalue weighted by atomic mass is 16.5. The van der Waals surface area contributed by atoms with Crippen molar-refractivity contribution < 1.29 is 9.53 Å². The number of carbonyl (C=O) groups is 1. The zero-order chi connectivity index (χ0) is 8.22. The van der Waals surface area contributed by atoms with Gasteiger partial charge in [-0.15, -0.1) is 0 Å². The number of hydrogen-bond donors (Lipinski definition) is 0. The number of hydrogen-bond acceptors (Lipinski definition) is 2. The van der Waals surface area contributed by atoms with E-state index in [1.54, 1.807) is 0 Å². The molecule has 11 heavy (non-hydrogen) atoms. The van der Waals surface area contributed by atoms with Crippen LogP contribution in [0.15, 0.2) is 0 Å². The summed E-state index contributed by atoms with van der Waals surface area (Å²) in [5.41, 5.74) is 0.224. The van der Waals surface area contributed by atoms with Gasteiger partial charge in [0.2, 0.25) is 0 Å². The molecule has 1 saturated heterocycles. The molecule has 2 nitrogen and oxygen atoms in total. The van der Waals surface area contributed by atoms with Gasteiger partial charge in [0.05, 0.1) is 12.0 Å². The predicted molar refractivity (Wildman–Crippen MR) is 40.9 cm³/mol. The van der Waals surface area contributed by atoms with Crippen molar-refractivity contribution in [3.05, 3.63) is 0 Å². The molecule has 0 spiro atoms. The Kier molecular flexibility index (Phi) is 1.16. The second-order valence-electron chi connectivity index (χ2n) is 4.39. The maximum Gasteiger partial charge on any atom is 0.310 e. The molecule has 0 amide bonds. The molecule has 1 aliphatic heterocycles. The number of cyclic esters (lactones) is 1. The van der Waals surface area contributed by atoms with Crippen LogP contribution < -0.4 is 0 Å². The van der Waals surface area contributed by atoms with E-state index < -0.39 is 0 Å². The first-order chi connectivity index (χ1) is 5.03. The van der Waals surface area contributed by atoms with Crippen LogP contribution in [0.3, 0.4) is 0 Å². The molecule has 0 aromatic heterocycles. The van der Waals surface area contributed by atoms with E-state index in [1.807, 2.05) is 6.92 Å². The first-order valence-corrected chi connectivity index (χ1v) is 4.24. The molecule has 0 bridgehead atoms. The molecule has 0 N–H and O–H groups in total. The largest absolute Gasteiger partial charge is 0.462 e. The Balaban J connectivity index is 2.17. The predicted octanol–water partition coefficient (Wildman–Crippen LogP) is 1.59. The lowest BCUT2D eigenvalue weighted by atomic mass is 10.1. The highest BCUT2D eigenvalue weighted by Gasteiger charge is 2.64. The Morgan fingerprint density at radius 2 is 2.18 bits per heavy atom. The van der Waals surface area contributed by atoms with Gasteiger partial charge in [-0.25, -0.2) is 0 Å². The molecule has 3 atom stereocenters. The number of esters is 1. The Morgan fingerprint density at radius 1 is 1.55 bits per heavy atom. The first-order valence-electron chi connectivity index (χ1n) is 4.24. The van der Waals surface area contributed by atoms with Crippen LogP contribution in [0, 0.1) is 17.3 Å². The lowest BCUT2D eigenvalue weighted by molar-refractivity contribution is -0.154. The van der Waals surface area contributed by atoms with Crippen LogP contribution in [0.2, 0.25) is 0 Å². The SMILES string of the molecule is C[C@@H]1C[C@H]2[C@@H](C(=O)O1)C2(C)C. The van der Waals surface area contributed by atoms with Crippen molar-refractivity contribution in [2.24, 2.45) is 17.3 Å². The minimum atomic E-state index is 0.0266. The van der Waals surface area contributed by atoms with E-state index in [4.69, 9.17) is 4.74 Å². The standard InChI is InChI=1S/C9H14O2/c1-5-4-6-7(8(10)11-5)9(6,2)3/h5-7H,4H2,1-3H3/t5-,6+,7+/m1/s1. The summed E-state index contributed by atoms with van der Waals surface area (Å²) < 4.78 is 5.14. The number of fused-ring (bicyclic) bond motifs is 1. The van der Waals surface area contributed by atoms with Gasteiger partial charge in [0.25, 0.3) is 0 Å². The molecular formula is C9H14O2. The molecule has 0 unspecified atom stereocenters. The minimum Gasteiger partial charge on any atom is -0.462 e. The van der Waals surface area contributed by atoms with Gasteiger partial charge in [0, 0.05) is 0 Å². The fourth-order valence-corrected chi connectivity index (χ4v) is 2.33. The van der Waals surface area contributed by atoms with Gasteiger partial charge in [0.15, 0.2) is 0 Å². The number of carbonyl (C=O) groups excluding carboxylic acids is 1. The fourth-order valence-electron chi connectivity index (χ4n) is 2.33. The van der Waals surface area contributed by atoms with Gasteiger partial charge in [-0.05, 0) is 24.7 Å². The monoisotopic (exact) mass is 154 g/mol. The Morgan fingerprint density at radius 3 is 2.73 bits per heavy atom. The van der Waals surface area contributed by atoms with Crippen LogP contribution in [0.1, 0.15) is 27.2 Å². The van der Waals surface area contributed by atoms with Crippen LogP contribution in [-0.2, 0) is 9.53 Å². The third-order valence-electron chi connectivity index (χ3n) is 3.21. The van der Waals surface area contributed by atoms with E-state index in [0.29, 0.717) is 5.92 Å². The second-order valence-corrected chi connectivity index (χ2v) is 4.39. The molecule has 1 aliphatic carbocycles. The molecule has 2 aliphatic rings. The van der Waals surface area contributed by atoms with E-state index in [1.165, 1.54) is 0 Å². The first kappa shape index (κ1) is 7.14. The van der Waals surface area contributed by atoms with E-state index in [9.17, 15) is 4.79 Å². The van der Waals surface area contributed by atoms with Crippen molar-refractivity contribution >= 4 is 5.97 Å². The molecule has 0 radical (unpaired) electrons. The van der Waals surface area contributed by atoms with Gasteiger partial charge >= 0.3 is 5.97 Å². The van der Waals surface area contributed by atoms with Crippen molar-refractivity contribution in [1.29, 1.82) is 0 Å². The zero-order valence-electron chi connectivity index (χ0n) is 7.26. The fraction of sp³-hybridized carbons (Fsp3) is 0.889. The minimum absolute atomic E-state index is 0.0266. The van der Waals surface area contributed by atoms with Crippen LogP contribution in [-0.4, -0.2) is 12.1 Å². The molecule has 1 heterocycles. The summed E-state index contributed by atoms with van der Waals surface area (Å²) in [6.07, 6.45) is 1.20. The maximum atomic E-state index is 11.2. The van der Waals surface area contributed by atoms with E-state index in [0.717, 1.165) is 6.42 Å². The summed E-state index contributed by atoms with van der Waals surface area (Å²) >= 11 is 0. The molecule has 0 aromatic rings. The van der Waals surface area contributed by atoms with E-state index >= 15 is 0 Å². The van der Waals surface area contributed by atoms with Crippen molar-refractivity contribution in [3.63, 3.8) is 0 Å². The van der Waals surface area contributed by atoms with Crippen LogP contribution >= 0.6 is 0 Å². The lowest BCUT2D eigenvalue weighted by Crippen LogP contribution is -2.22. The van der Waals surface area contributed by atoms with Gasteiger partial charge in [-0.3, -0.25) is 4.79 Å². The van der Waals surface area contributed by atoms with Crippen molar-refractivity contribution in [1.82, 2.24) is 0 Å². The van der Waals surface area contributed by atoms with Crippen molar-refractivity contribution in [2.45, 2.75) is 33.3 Å². The topological polar surface area (TPSA) is 26.3 Å². The number of ether oxygens (including phenoxy) is 1. The molecular weight excluding hydrogens is 140 g/mol. The quantitative estimate of drug-likeness (QED) is 0.495. The Labute approximate surface area is 66.9 Å². The average Bonchev–Trinajstić information content (AvgIpc) is 2.34. The third-order valence-corrected chi connectivity index (χ3v) is 3.21. The summed E-state index contributed by atoms with van der Waals surface area (Å²) in [5.74, 6) is 0.830. The molecule has 2 fully saturated rings. The zero-order valence-corrected chi connectivity index (χ0v) is 7.26. The van der Waals surface area contributed by atoms with Gasteiger partial charge < -0.3 is 4.74 Å². The molecule has 62 valence electrons. The van der Waals surface area contributed by atoms with Crippen molar-refractivity contribution in [2.75, 3.05) is 0 Å². The van der Waals surface area contributed by atoms with Crippen LogP contribution in [0.25, 0.3) is 0 Å². The Bertz CT molecular complexity index is 208. The summed E-state index contributed by atoms with van der Waals surface area (Å²) in [6, 6.07) is 0. The van der Waals surface area contributed by atoms with Crippen LogP contribution in [0.4, 0.5) is 0 Å². The molecule has 0 aromatic carbocycles. The summed E-state index contributed by atoms with van der Waals surface area (Å²) in [6.45, 7) is 6.28. The lowest BCUT2D eigenvalue weighted by Gasteiger charge is -2.16. The van der Waals surface area contributed by atoms with Gasteiger partial charge in [0.1, 0.15) is 0 Å². The smallest absolute Gasteiger partial charge is 0.310 e. The third kappa shape index (κ3) is 0.815. The molecule has 2 rings (SSSR count). The Hall–Kier alpha value is -0.530. The average molecular weight is 154 g/mol. The summed E-state index contributed by atoms with van der Waals surface area (Å²) in [7, 11) is 0. The van der Waals surface area contributed by atoms with Crippen LogP contribution in [0.5, 0.6) is 0 Å². The summed E-state index contributed by atoms with van der Waals surface area (Å²) in [4.78, 5) is 11.2. The molecule has 1 saturated carbocycles. The van der Waals surface area contributed by atoms with Gasteiger partial charge in [-0.2, -0.15) is 0 Å². The highest BCUT2D eigenvalue weighted by molar-refractivity contribution is 5.78. The maximum absolute atomic E-state index is 11.2. The molecule has 2 heteroatoms. The normalized spacial score (nSPS) is 46.1.